The first-order valence-corrected chi connectivity index (χ1v) is 8.08. The molecule has 9 heteroatoms. The van der Waals surface area contributed by atoms with E-state index in [-0.39, 0.29) is 24.5 Å². The molecule has 0 heterocycles. The van der Waals surface area contributed by atoms with Crippen molar-refractivity contribution >= 4 is 16.0 Å². The van der Waals surface area contributed by atoms with Crippen LogP contribution in [0.5, 0.6) is 0 Å². The minimum atomic E-state index is -5.31. The lowest BCUT2D eigenvalue weighted by atomic mass is 9.97. The van der Waals surface area contributed by atoms with Crippen molar-refractivity contribution in [2.75, 3.05) is 6.54 Å². The summed E-state index contributed by atoms with van der Waals surface area (Å²) in [5, 5.41) is 0. The summed E-state index contributed by atoms with van der Waals surface area (Å²) in [6.45, 7) is 4.82. The first-order chi connectivity index (χ1) is 9.33. The van der Waals surface area contributed by atoms with Crippen molar-refractivity contribution in [1.82, 2.24) is 4.72 Å². The topological polar surface area (TPSA) is 72.5 Å². The van der Waals surface area contributed by atoms with E-state index in [4.69, 9.17) is 4.74 Å². The predicted molar refractivity (Wildman–Crippen MR) is 69.7 cm³/mol. The molecule has 5 nitrogen and oxygen atoms in total. The van der Waals surface area contributed by atoms with Gasteiger partial charge in [-0.15, -0.1) is 0 Å². The van der Waals surface area contributed by atoms with Gasteiger partial charge in [0, 0.05) is 6.54 Å². The lowest BCUT2D eigenvalue weighted by molar-refractivity contribution is -0.158. The third-order valence-electron chi connectivity index (χ3n) is 3.25. The summed E-state index contributed by atoms with van der Waals surface area (Å²) >= 11 is 0. The Kier molecular flexibility index (Phi) is 5.31. The van der Waals surface area contributed by atoms with Gasteiger partial charge in [0.05, 0.1) is 5.41 Å². The Morgan fingerprint density at radius 1 is 1.24 bits per heavy atom. The van der Waals surface area contributed by atoms with Crippen LogP contribution in [0.1, 0.15) is 40.0 Å². The van der Waals surface area contributed by atoms with Crippen molar-refractivity contribution in [3.8, 4) is 0 Å². The quantitative estimate of drug-likeness (QED) is 0.802. The van der Waals surface area contributed by atoms with Crippen LogP contribution in [0.15, 0.2) is 0 Å². The Morgan fingerprint density at radius 2 is 1.81 bits per heavy atom. The minimum absolute atomic E-state index is 0.264. The first kappa shape index (κ1) is 18.2. The maximum absolute atomic E-state index is 12.2. The van der Waals surface area contributed by atoms with Crippen molar-refractivity contribution in [3.63, 3.8) is 0 Å². The number of sulfonamides is 1. The molecule has 1 fully saturated rings. The molecule has 1 rings (SSSR count). The largest absolute Gasteiger partial charge is 0.511 e. The van der Waals surface area contributed by atoms with Gasteiger partial charge in [0.1, 0.15) is 6.10 Å². The molecule has 0 aliphatic heterocycles. The Labute approximate surface area is 122 Å². The molecular formula is C12H20F3NO4S. The van der Waals surface area contributed by atoms with Crippen LogP contribution in [0.2, 0.25) is 0 Å². The second-order valence-corrected chi connectivity index (χ2v) is 8.01. The molecule has 0 saturated heterocycles. The normalized spacial score (nSPS) is 24.1. The number of esters is 1. The SMILES string of the molecule is CC(C)(C)C(=O)OC1CCC(CNS(=O)(=O)C(F)(F)F)C1. The summed E-state index contributed by atoms with van der Waals surface area (Å²) in [5.41, 5.74) is -5.94. The average Bonchev–Trinajstić information content (AvgIpc) is 2.71. The maximum atomic E-state index is 12.2. The van der Waals surface area contributed by atoms with E-state index in [0.717, 1.165) is 0 Å². The fourth-order valence-corrected chi connectivity index (χ4v) is 2.58. The molecule has 0 aromatic carbocycles. The molecule has 2 atom stereocenters. The van der Waals surface area contributed by atoms with Crippen molar-refractivity contribution in [1.29, 1.82) is 0 Å². The van der Waals surface area contributed by atoms with E-state index in [1.54, 1.807) is 25.5 Å². The fourth-order valence-electron chi connectivity index (χ4n) is 1.96. The molecule has 21 heavy (non-hydrogen) atoms. The van der Waals surface area contributed by atoms with Crippen LogP contribution in [-0.2, 0) is 19.6 Å². The second kappa shape index (κ2) is 6.12. The van der Waals surface area contributed by atoms with Gasteiger partial charge in [-0.3, -0.25) is 4.79 Å². The molecule has 0 spiro atoms. The Morgan fingerprint density at radius 3 is 2.29 bits per heavy atom. The zero-order chi connectivity index (χ0) is 16.5. The van der Waals surface area contributed by atoms with Gasteiger partial charge in [0.2, 0.25) is 0 Å². The predicted octanol–water partition coefficient (Wildman–Crippen LogP) is 2.18. The number of nitrogens with one attached hydrogen (secondary N) is 1. The number of carbonyl (C=O) groups is 1. The van der Waals surface area contributed by atoms with Gasteiger partial charge < -0.3 is 4.74 Å². The van der Waals surface area contributed by atoms with Gasteiger partial charge in [-0.1, -0.05) is 0 Å². The van der Waals surface area contributed by atoms with Gasteiger partial charge >= 0.3 is 21.5 Å². The monoisotopic (exact) mass is 331 g/mol. The highest BCUT2D eigenvalue weighted by Gasteiger charge is 2.46. The summed E-state index contributed by atoms with van der Waals surface area (Å²) in [6.07, 6.45) is 1.04. The fraction of sp³-hybridized carbons (Fsp3) is 0.917. The van der Waals surface area contributed by atoms with E-state index in [0.29, 0.717) is 19.3 Å². The second-order valence-electron chi connectivity index (χ2n) is 6.25. The number of rotatable bonds is 4. The van der Waals surface area contributed by atoms with Gasteiger partial charge in [-0.25, -0.2) is 13.1 Å². The lowest BCUT2D eigenvalue weighted by Gasteiger charge is -2.20. The summed E-state index contributed by atoms with van der Waals surface area (Å²) in [7, 11) is -5.31. The smallest absolute Gasteiger partial charge is 0.462 e. The lowest BCUT2D eigenvalue weighted by Crippen LogP contribution is -2.38. The number of ether oxygens (including phenoxy) is 1. The molecule has 1 saturated carbocycles. The van der Waals surface area contributed by atoms with E-state index in [1.165, 1.54) is 0 Å². The summed E-state index contributed by atoms with van der Waals surface area (Å²) < 4.78 is 65.1. The van der Waals surface area contributed by atoms with Crippen LogP contribution in [-0.4, -0.2) is 32.5 Å². The molecule has 1 N–H and O–H groups in total. The van der Waals surface area contributed by atoms with Crippen molar-refractivity contribution in [2.24, 2.45) is 11.3 Å². The molecule has 0 aromatic rings. The number of carbonyl (C=O) groups excluding carboxylic acids is 1. The van der Waals surface area contributed by atoms with Gasteiger partial charge in [0.15, 0.2) is 0 Å². The standard InChI is InChI=1S/C12H20F3NO4S/c1-11(2,3)10(17)20-9-5-4-8(6-9)7-16-21(18,19)12(13,14)15/h8-9,16H,4-7H2,1-3H3. The Bertz CT molecular complexity index is 482. The van der Waals surface area contributed by atoms with Crippen LogP contribution in [0.3, 0.4) is 0 Å². The Hall–Kier alpha value is -0.830. The molecule has 0 aromatic heterocycles. The van der Waals surface area contributed by atoms with Crippen LogP contribution in [0.25, 0.3) is 0 Å². The highest BCUT2D eigenvalue weighted by Crippen LogP contribution is 2.30. The molecule has 1 aliphatic carbocycles. The molecule has 2 unspecified atom stereocenters. The molecule has 124 valence electrons. The molecule has 0 amide bonds. The summed E-state index contributed by atoms with van der Waals surface area (Å²) in [5.74, 6) is -0.635. The highest BCUT2D eigenvalue weighted by atomic mass is 32.2. The van der Waals surface area contributed by atoms with Crippen LogP contribution < -0.4 is 4.72 Å². The maximum Gasteiger partial charge on any atom is 0.511 e. The minimum Gasteiger partial charge on any atom is -0.462 e. The average molecular weight is 331 g/mol. The Balaban J connectivity index is 2.45. The molecule has 0 bridgehead atoms. The molecular weight excluding hydrogens is 311 g/mol. The number of halogens is 3. The molecule has 0 radical (unpaired) electrons. The van der Waals surface area contributed by atoms with Gasteiger partial charge in [-0.05, 0) is 46.0 Å². The van der Waals surface area contributed by atoms with E-state index >= 15 is 0 Å². The molecule has 1 aliphatic rings. The highest BCUT2D eigenvalue weighted by molar-refractivity contribution is 7.90. The number of hydrogen-bond acceptors (Lipinski definition) is 4. The third kappa shape index (κ3) is 5.14. The first-order valence-electron chi connectivity index (χ1n) is 6.60. The summed E-state index contributed by atoms with van der Waals surface area (Å²) in [4.78, 5) is 11.7. The number of hydrogen-bond donors (Lipinski definition) is 1. The van der Waals surface area contributed by atoms with E-state index in [1.807, 2.05) is 0 Å². The number of alkyl halides is 3. The van der Waals surface area contributed by atoms with Crippen LogP contribution in [0, 0.1) is 11.3 Å². The van der Waals surface area contributed by atoms with Crippen molar-refractivity contribution in [2.45, 2.75) is 51.6 Å². The van der Waals surface area contributed by atoms with E-state index in [9.17, 15) is 26.4 Å². The zero-order valence-corrected chi connectivity index (χ0v) is 13.0. The van der Waals surface area contributed by atoms with Gasteiger partial charge in [0.25, 0.3) is 0 Å². The van der Waals surface area contributed by atoms with E-state index < -0.39 is 20.9 Å². The third-order valence-corrected chi connectivity index (χ3v) is 4.40. The van der Waals surface area contributed by atoms with E-state index in [2.05, 4.69) is 0 Å². The van der Waals surface area contributed by atoms with Crippen LogP contribution in [0.4, 0.5) is 13.2 Å². The van der Waals surface area contributed by atoms with Gasteiger partial charge in [-0.2, -0.15) is 13.2 Å². The zero-order valence-electron chi connectivity index (χ0n) is 12.2. The van der Waals surface area contributed by atoms with Crippen molar-refractivity contribution in [3.05, 3.63) is 0 Å². The van der Waals surface area contributed by atoms with Crippen molar-refractivity contribution < 1.29 is 31.1 Å². The van der Waals surface area contributed by atoms with Crippen LogP contribution >= 0.6 is 0 Å². The summed E-state index contributed by atoms with van der Waals surface area (Å²) in [6, 6.07) is 0.